The van der Waals surface area contributed by atoms with Crippen molar-refractivity contribution in [3.8, 4) is 0 Å². The summed E-state index contributed by atoms with van der Waals surface area (Å²) in [5, 5.41) is 0. The minimum Gasteiger partial charge on any atom is -0.280 e. The van der Waals surface area contributed by atoms with E-state index in [4.69, 9.17) is 18.6 Å². The summed E-state index contributed by atoms with van der Waals surface area (Å²) in [5.41, 5.74) is 2.34. The van der Waals surface area contributed by atoms with Gasteiger partial charge < -0.3 is 0 Å². The first-order chi connectivity index (χ1) is 11.3. The number of hydrogen-bond donors (Lipinski definition) is 0. The Labute approximate surface area is 159 Å². The van der Waals surface area contributed by atoms with Gasteiger partial charge in [-0.25, -0.2) is 0 Å². The van der Waals surface area contributed by atoms with E-state index in [0.717, 1.165) is 20.0 Å². The van der Waals surface area contributed by atoms with Crippen LogP contribution in [-0.2, 0) is 15.6 Å². The molecule has 10 heteroatoms. The summed E-state index contributed by atoms with van der Waals surface area (Å²) in [7, 11) is 22.0. The molecule has 1 aromatic carbocycles. The smallest absolute Gasteiger partial charge is 0.0523 e. The van der Waals surface area contributed by atoms with Gasteiger partial charge in [-0.05, 0) is 21.1 Å². The largest absolute Gasteiger partial charge is 0.280 e. The van der Waals surface area contributed by atoms with E-state index in [9.17, 15) is 0 Å². The fraction of sp³-hybridized carbons (Fsp3) is 0.571. The molecule has 0 radical (unpaired) electrons. The summed E-state index contributed by atoms with van der Waals surface area (Å²) in [6.45, 7) is 3.26. The number of benzene rings is 1. The van der Waals surface area contributed by atoms with Crippen molar-refractivity contribution in [2.24, 2.45) is 3.33 Å². The molecule has 0 amide bonds. The zero-order chi connectivity index (χ0) is 17.9. The van der Waals surface area contributed by atoms with Crippen LogP contribution in [0.3, 0.4) is 0 Å². The Kier molecular flexibility index (Phi) is 7.56. The molecule has 0 bridgehead atoms. The monoisotopic (exact) mass is 406 g/mol. The average molecular weight is 407 g/mol. The molecule has 1 aromatic rings. The van der Waals surface area contributed by atoms with Gasteiger partial charge in [0.1, 0.15) is 0 Å². The van der Waals surface area contributed by atoms with Crippen molar-refractivity contribution < 1.29 is 15.6 Å². The van der Waals surface area contributed by atoms with Gasteiger partial charge in [-0.1, -0.05) is 0 Å². The predicted molar refractivity (Wildman–Crippen MR) is 101 cm³/mol. The Balaban J connectivity index is 0.000000198. The second-order valence-electron chi connectivity index (χ2n) is 6.42. The fourth-order valence-electron chi connectivity index (χ4n) is 3.20. The van der Waals surface area contributed by atoms with Crippen LogP contribution in [-0.4, -0.2) is 77.1 Å². The third-order valence-corrected chi connectivity index (χ3v) is 5.47. The Morgan fingerprint density at radius 2 is 1.21 bits per heavy atom. The van der Waals surface area contributed by atoms with Crippen molar-refractivity contribution in [3.05, 3.63) is 24.3 Å². The van der Waals surface area contributed by atoms with Gasteiger partial charge in [-0.15, -0.1) is 0 Å². The summed E-state index contributed by atoms with van der Waals surface area (Å²) in [6.07, 6.45) is 0. The van der Waals surface area contributed by atoms with Crippen LogP contribution in [0.25, 0.3) is 0 Å². The molecule has 2 aliphatic rings. The Bertz CT molecular complexity index is 534. The third kappa shape index (κ3) is 5.18. The van der Waals surface area contributed by atoms with Crippen molar-refractivity contribution in [1.82, 2.24) is 14.7 Å². The number of para-hydroxylation sites is 2. The minimum atomic E-state index is -2.19. The third-order valence-electron chi connectivity index (χ3n) is 4.00. The number of halogens is 2. The van der Waals surface area contributed by atoms with E-state index >= 15 is 0 Å². The van der Waals surface area contributed by atoms with E-state index in [1.807, 2.05) is 26.2 Å². The van der Waals surface area contributed by atoms with Gasteiger partial charge in [-0.3, -0.25) is 14.7 Å². The minimum absolute atomic E-state index is 0.0487. The normalized spacial score (nSPS) is 19.0. The molecule has 0 spiro atoms. The molecule has 0 atom stereocenters. The Morgan fingerprint density at radius 3 is 1.54 bits per heavy atom. The second kappa shape index (κ2) is 8.99. The van der Waals surface area contributed by atoms with E-state index in [0.29, 0.717) is 0 Å². The second-order valence-corrected chi connectivity index (χ2v) is 11.3. The maximum absolute atomic E-state index is 5.84. The van der Waals surface area contributed by atoms with Crippen LogP contribution < -0.4 is 9.62 Å². The van der Waals surface area contributed by atoms with Crippen molar-refractivity contribution in [1.29, 1.82) is 0 Å². The van der Waals surface area contributed by atoms with Crippen LogP contribution in [0.2, 0.25) is 0 Å². The fourth-order valence-corrected chi connectivity index (χ4v) is 4.73. The van der Waals surface area contributed by atoms with E-state index in [2.05, 4.69) is 60.9 Å². The van der Waals surface area contributed by atoms with Crippen LogP contribution in [0.15, 0.2) is 27.6 Å². The first kappa shape index (κ1) is 20.2. The van der Waals surface area contributed by atoms with E-state index in [1.165, 1.54) is 11.4 Å². The summed E-state index contributed by atoms with van der Waals surface area (Å²) in [6, 6.07) is 8.18. The van der Waals surface area contributed by atoms with Crippen LogP contribution >= 0.6 is 18.6 Å². The zero-order valence-corrected chi connectivity index (χ0v) is 18.0. The molecule has 1 saturated heterocycles. The van der Waals surface area contributed by atoms with Gasteiger partial charge >= 0.3 is 104 Å². The molecule has 0 aliphatic carbocycles. The average Bonchev–Trinajstić information content (AvgIpc) is 2.72. The molecular formula is C14H25BCl2N6Ti. The summed E-state index contributed by atoms with van der Waals surface area (Å²) < 4.78 is 4.40. The van der Waals surface area contributed by atoms with Gasteiger partial charge in [0.15, 0.2) is 0 Å². The van der Waals surface area contributed by atoms with Gasteiger partial charge in [0.25, 0.3) is 0 Å². The molecule has 24 heavy (non-hydrogen) atoms. The molecule has 3 rings (SSSR count). The number of nitrogens with zero attached hydrogens (tertiary/aromatic N) is 6. The quantitative estimate of drug-likeness (QED) is 0.667. The molecule has 0 N–H and O–H groups in total. The van der Waals surface area contributed by atoms with Crippen LogP contribution in [0.4, 0.5) is 11.4 Å². The van der Waals surface area contributed by atoms with E-state index in [1.54, 1.807) is 0 Å². The summed E-state index contributed by atoms with van der Waals surface area (Å²) >= 11 is -2.19. The Hall–Kier alpha value is -0.141. The first-order valence-electron chi connectivity index (χ1n) is 7.78. The van der Waals surface area contributed by atoms with E-state index in [-0.39, 0.29) is 7.12 Å². The van der Waals surface area contributed by atoms with Gasteiger partial charge in [0.05, 0.1) is 20.0 Å². The Morgan fingerprint density at radius 1 is 0.833 bits per heavy atom. The molecule has 2 heterocycles. The molecule has 0 aromatic heterocycles. The SMILES string of the molecule is CN1B([N]=[Ti]([Cl])[Cl])N(C)c2ccccc21.CN1CN(C)CN(C)C1. The molecule has 0 saturated carbocycles. The summed E-state index contributed by atoms with van der Waals surface area (Å²) in [5.74, 6) is 0. The maximum atomic E-state index is 5.84. The zero-order valence-electron chi connectivity index (χ0n) is 14.9. The van der Waals surface area contributed by atoms with Crippen LogP contribution in [0.5, 0.6) is 0 Å². The maximum Gasteiger partial charge on any atom is 0.0523 e. The molecule has 132 valence electrons. The predicted octanol–water partition coefficient (Wildman–Crippen LogP) is 2.33. The number of rotatable bonds is 1. The number of hydrogen-bond acceptors (Lipinski definition) is 6. The topological polar surface area (TPSA) is 28.6 Å². The van der Waals surface area contributed by atoms with Gasteiger partial charge in [0, 0.05) is 0 Å². The van der Waals surface area contributed by atoms with Crippen molar-refractivity contribution in [2.45, 2.75) is 0 Å². The van der Waals surface area contributed by atoms with Crippen LogP contribution in [0, 0.1) is 0 Å². The molecule has 2 aliphatic heterocycles. The number of anilines is 2. The molecule has 0 unspecified atom stereocenters. The van der Waals surface area contributed by atoms with Gasteiger partial charge in [0.2, 0.25) is 0 Å². The molecule has 1 fully saturated rings. The van der Waals surface area contributed by atoms with Crippen molar-refractivity contribution >= 4 is 37.1 Å². The number of fused-ring (bicyclic) bond motifs is 1. The molecular weight excluding hydrogens is 382 g/mol. The van der Waals surface area contributed by atoms with Gasteiger partial charge in [-0.2, -0.15) is 0 Å². The standard InChI is InChI=1S/C8H10BN3.C6H15N3.2ClH.Ti/c1-11-7-5-3-4-6-8(7)12(2)9(11)10;1-7-4-8(2)6-9(3)5-7;;;/h3-6H,1-2H3;4-6H2,1-3H3;2*1H;/q;;;;+2/p-2. The van der Waals surface area contributed by atoms with Crippen molar-refractivity contribution in [3.63, 3.8) is 0 Å². The summed E-state index contributed by atoms with van der Waals surface area (Å²) in [4.78, 5) is 11.0. The van der Waals surface area contributed by atoms with E-state index < -0.39 is 15.6 Å². The van der Waals surface area contributed by atoms with Crippen molar-refractivity contribution in [2.75, 3.05) is 64.9 Å². The molecule has 6 nitrogen and oxygen atoms in total. The van der Waals surface area contributed by atoms with Crippen LogP contribution in [0.1, 0.15) is 0 Å². The first-order valence-corrected chi connectivity index (χ1v) is 12.8.